The van der Waals surface area contributed by atoms with Gasteiger partial charge in [-0.3, -0.25) is 9.59 Å². The molecular weight excluding hydrogens is 422 g/mol. The number of hydrogen-bond acceptors (Lipinski definition) is 3. The lowest BCUT2D eigenvalue weighted by molar-refractivity contribution is -0.127. The number of carbonyl (C=O) groups excluding carboxylic acids is 2. The van der Waals surface area contributed by atoms with E-state index in [4.69, 9.17) is 11.6 Å². The van der Waals surface area contributed by atoms with Crippen LogP contribution in [-0.4, -0.2) is 30.9 Å². The second-order valence-corrected chi connectivity index (χ2v) is 9.60. The minimum absolute atomic E-state index is 0.00801. The molecular formula is C26H32ClN3O2. The minimum atomic E-state index is -0.528. The Morgan fingerprint density at radius 2 is 1.72 bits per heavy atom. The maximum atomic E-state index is 13.3. The van der Waals surface area contributed by atoms with Crippen molar-refractivity contribution < 1.29 is 9.59 Å². The zero-order valence-corrected chi connectivity index (χ0v) is 19.5. The van der Waals surface area contributed by atoms with E-state index in [2.05, 4.69) is 21.6 Å². The van der Waals surface area contributed by atoms with Crippen molar-refractivity contribution in [3.8, 4) is 0 Å². The van der Waals surface area contributed by atoms with Crippen molar-refractivity contribution in [1.82, 2.24) is 5.32 Å². The summed E-state index contributed by atoms with van der Waals surface area (Å²) in [5, 5.41) is 6.77. The molecule has 2 amide bonds. The van der Waals surface area contributed by atoms with Gasteiger partial charge in [0.1, 0.15) is 0 Å². The van der Waals surface area contributed by atoms with Crippen LogP contribution in [0.15, 0.2) is 48.5 Å². The van der Waals surface area contributed by atoms with Crippen LogP contribution in [0, 0.1) is 0 Å². The number of nitrogens with zero attached hydrogens (tertiary/aromatic N) is 1. The summed E-state index contributed by atoms with van der Waals surface area (Å²) in [7, 11) is 0. The van der Waals surface area contributed by atoms with Gasteiger partial charge in [-0.25, -0.2) is 0 Å². The molecule has 1 saturated heterocycles. The molecule has 1 saturated carbocycles. The fraction of sp³-hybridized carbons (Fsp3) is 0.462. The van der Waals surface area contributed by atoms with Crippen molar-refractivity contribution in [3.05, 3.63) is 59.1 Å². The van der Waals surface area contributed by atoms with Gasteiger partial charge in [-0.15, -0.1) is 0 Å². The molecule has 2 aliphatic rings. The standard InChI is InChI=1S/C26H32ClN3O2/c1-19(17-24(31)29-22-7-6-8-23(18-22)30-15-4-5-16-30)28-25(32)26(13-2-3-14-26)20-9-11-21(27)12-10-20/h6-12,18-19H,2-5,13-17H2,1H3,(H,28,32)(H,29,31). The molecule has 1 aliphatic heterocycles. The van der Waals surface area contributed by atoms with Gasteiger partial charge in [-0.05, 0) is 68.5 Å². The average Bonchev–Trinajstić information content (AvgIpc) is 3.47. The van der Waals surface area contributed by atoms with Gasteiger partial charge in [-0.1, -0.05) is 42.6 Å². The third-order valence-electron chi connectivity index (χ3n) is 6.76. The molecule has 4 rings (SSSR count). The Hall–Kier alpha value is -2.53. The molecule has 1 heterocycles. The molecule has 32 heavy (non-hydrogen) atoms. The largest absolute Gasteiger partial charge is 0.371 e. The molecule has 5 nitrogen and oxygen atoms in total. The fourth-order valence-electron chi connectivity index (χ4n) is 5.05. The highest BCUT2D eigenvalue weighted by Gasteiger charge is 2.43. The summed E-state index contributed by atoms with van der Waals surface area (Å²) < 4.78 is 0. The Morgan fingerprint density at radius 1 is 1.03 bits per heavy atom. The summed E-state index contributed by atoms with van der Waals surface area (Å²) in [5.41, 5.74) is 2.42. The number of carbonyl (C=O) groups is 2. The van der Waals surface area contributed by atoms with Crippen LogP contribution in [-0.2, 0) is 15.0 Å². The molecule has 0 spiro atoms. The average molecular weight is 454 g/mol. The first-order chi connectivity index (χ1) is 15.5. The molecule has 6 heteroatoms. The highest BCUT2D eigenvalue weighted by molar-refractivity contribution is 6.30. The topological polar surface area (TPSA) is 61.4 Å². The lowest BCUT2D eigenvalue weighted by atomic mass is 9.78. The maximum Gasteiger partial charge on any atom is 0.230 e. The van der Waals surface area contributed by atoms with Crippen molar-refractivity contribution in [2.24, 2.45) is 0 Å². The molecule has 2 fully saturated rings. The van der Waals surface area contributed by atoms with Gasteiger partial charge in [0.25, 0.3) is 0 Å². The fourth-order valence-corrected chi connectivity index (χ4v) is 5.18. The van der Waals surface area contributed by atoms with Crippen LogP contribution < -0.4 is 15.5 Å². The molecule has 1 aliphatic carbocycles. The van der Waals surface area contributed by atoms with E-state index < -0.39 is 5.41 Å². The SMILES string of the molecule is CC(CC(=O)Nc1cccc(N2CCCC2)c1)NC(=O)C1(c2ccc(Cl)cc2)CCCC1. The van der Waals surface area contributed by atoms with Gasteiger partial charge < -0.3 is 15.5 Å². The lowest BCUT2D eigenvalue weighted by Gasteiger charge is -2.30. The van der Waals surface area contributed by atoms with Crippen LogP contribution in [0.3, 0.4) is 0 Å². The molecule has 0 aromatic heterocycles. The van der Waals surface area contributed by atoms with E-state index in [9.17, 15) is 9.59 Å². The smallest absolute Gasteiger partial charge is 0.230 e. The van der Waals surface area contributed by atoms with Gasteiger partial charge in [0.15, 0.2) is 0 Å². The number of halogens is 1. The van der Waals surface area contributed by atoms with Gasteiger partial charge in [0.2, 0.25) is 11.8 Å². The predicted molar refractivity (Wildman–Crippen MR) is 130 cm³/mol. The molecule has 0 bridgehead atoms. The zero-order valence-electron chi connectivity index (χ0n) is 18.7. The highest BCUT2D eigenvalue weighted by Crippen LogP contribution is 2.41. The third-order valence-corrected chi connectivity index (χ3v) is 7.01. The molecule has 1 unspecified atom stereocenters. The summed E-state index contributed by atoms with van der Waals surface area (Å²) in [5.74, 6) is -0.0861. The Morgan fingerprint density at radius 3 is 2.41 bits per heavy atom. The molecule has 170 valence electrons. The first-order valence-electron chi connectivity index (χ1n) is 11.7. The second-order valence-electron chi connectivity index (χ2n) is 9.17. The molecule has 2 aromatic carbocycles. The molecule has 1 atom stereocenters. The van der Waals surface area contributed by atoms with Crippen molar-refractivity contribution in [1.29, 1.82) is 0 Å². The van der Waals surface area contributed by atoms with E-state index in [1.54, 1.807) is 0 Å². The van der Waals surface area contributed by atoms with Crippen molar-refractivity contribution in [2.45, 2.75) is 63.3 Å². The summed E-state index contributed by atoms with van der Waals surface area (Å²) in [4.78, 5) is 28.3. The van der Waals surface area contributed by atoms with Crippen molar-refractivity contribution >= 4 is 34.8 Å². The Balaban J connectivity index is 1.36. The van der Waals surface area contributed by atoms with Crippen molar-refractivity contribution in [3.63, 3.8) is 0 Å². The van der Waals surface area contributed by atoms with Crippen LogP contribution >= 0.6 is 11.6 Å². The van der Waals surface area contributed by atoms with E-state index >= 15 is 0 Å². The van der Waals surface area contributed by atoms with Gasteiger partial charge >= 0.3 is 0 Å². The monoisotopic (exact) mass is 453 g/mol. The number of anilines is 2. The number of hydrogen-bond donors (Lipinski definition) is 2. The Labute approximate surface area is 195 Å². The summed E-state index contributed by atoms with van der Waals surface area (Å²) in [6.07, 6.45) is 6.36. The van der Waals surface area contributed by atoms with Gasteiger partial charge in [0, 0.05) is 41.9 Å². The third kappa shape index (κ3) is 5.09. The van der Waals surface area contributed by atoms with E-state index in [1.165, 1.54) is 12.8 Å². The Bertz CT molecular complexity index is 948. The van der Waals surface area contributed by atoms with Crippen LogP contribution in [0.2, 0.25) is 5.02 Å². The predicted octanol–water partition coefficient (Wildman–Crippen LogP) is 5.29. The van der Waals surface area contributed by atoms with E-state index in [0.717, 1.165) is 55.7 Å². The highest BCUT2D eigenvalue weighted by atomic mass is 35.5. The van der Waals surface area contributed by atoms with Crippen molar-refractivity contribution in [2.75, 3.05) is 23.3 Å². The molecule has 2 aromatic rings. The zero-order chi connectivity index (χ0) is 22.6. The van der Waals surface area contributed by atoms with Crippen LogP contribution in [0.4, 0.5) is 11.4 Å². The maximum absolute atomic E-state index is 13.3. The van der Waals surface area contributed by atoms with Gasteiger partial charge in [-0.2, -0.15) is 0 Å². The van der Waals surface area contributed by atoms with Crippen LogP contribution in [0.1, 0.15) is 57.4 Å². The molecule has 0 radical (unpaired) electrons. The quantitative estimate of drug-likeness (QED) is 0.599. The minimum Gasteiger partial charge on any atom is -0.371 e. The van der Waals surface area contributed by atoms with E-state index in [1.807, 2.05) is 49.4 Å². The second kappa shape index (κ2) is 9.95. The van der Waals surface area contributed by atoms with E-state index in [0.29, 0.717) is 5.02 Å². The van der Waals surface area contributed by atoms with Gasteiger partial charge in [0.05, 0.1) is 5.41 Å². The number of amides is 2. The summed E-state index contributed by atoms with van der Waals surface area (Å²) >= 11 is 6.05. The summed E-state index contributed by atoms with van der Waals surface area (Å²) in [6.45, 7) is 4.02. The molecule has 2 N–H and O–H groups in total. The first kappa shape index (κ1) is 22.7. The number of benzene rings is 2. The van der Waals surface area contributed by atoms with Crippen LogP contribution in [0.25, 0.3) is 0 Å². The Kier molecular flexibility index (Phi) is 7.04. The number of rotatable bonds is 7. The van der Waals surface area contributed by atoms with Crippen LogP contribution in [0.5, 0.6) is 0 Å². The number of nitrogens with one attached hydrogen (secondary N) is 2. The normalized spacial score (nSPS) is 18.4. The first-order valence-corrected chi connectivity index (χ1v) is 12.1. The van der Waals surface area contributed by atoms with E-state index in [-0.39, 0.29) is 24.3 Å². The lowest BCUT2D eigenvalue weighted by Crippen LogP contribution is -2.47. The summed E-state index contributed by atoms with van der Waals surface area (Å²) in [6, 6.07) is 15.3.